The summed E-state index contributed by atoms with van der Waals surface area (Å²) in [6.45, 7) is 9.77. The number of ether oxygens (including phenoxy) is 1. The largest absolute Gasteiger partial charge is 0.465 e. The van der Waals surface area contributed by atoms with E-state index >= 15 is 0 Å². The molecule has 2 aliphatic rings. The third-order valence-corrected chi connectivity index (χ3v) is 5.20. The maximum atomic E-state index is 10.8. The molecule has 2 N–H and O–H groups in total. The fourth-order valence-corrected chi connectivity index (χ4v) is 4.11. The standard InChI is InChI=1S/C20H31N3O3/c1-20(2,21-19(24)25)9-6-10-22-12-17-14-23(15-18(13-22)26-17)11-16-7-4-3-5-8-16/h3-5,7-8,17-18,21H,6,9-15H2,1-2H3,(H,24,25). The molecule has 2 saturated heterocycles. The third-order valence-electron chi connectivity index (χ3n) is 5.20. The first-order valence-electron chi connectivity index (χ1n) is 9.55. The number of nitrogens with zero attached hydrogens (tertiary/aromatic N) is 2. The molecule has 2 bridgehead atoms. The highest BCUT2D eigenvalue weighted by Gasteiger charge is 2.34. The highest BCUT2D eigenvalue weighted by molar-refractivity contribution is 5.65. The third kappa shape index (κ3) is 5.69. The van der Waals surface area contributed by atoms with Crippen LogP contribution in [0.3, 0.4) is 0 Å². The van der Waals surface area contributed by atoms with Crippen molar-refractivity contribution in [2.45, 2.75) is 51.0 Å². The van der Waals surface area contributed by atoms with Crippen molar-refractivity contribution in [2.24, 2.45) is 0 Å². The van der Waals surface area contributed by atoms with Gasteiger partial charge in [-0.05, 0) is 38.8 Å². The lowest BCUT2D eigenvalue weighted by Gasteiger charge is -2.46. The Labute approximate surface area is 156 Å². The molecule has 0 aromatic heterocycles. The topological polar surface area (TPSA) is 65.0 Å². The van der Waals surface area contributed by atoms with E-state index < -0.39 is 6.09 Å². The summed E-state index contributed by atoms with van der Waals surface area (Å²) in [7, 11) is 0. The normalized spacial score (nSPS) is 24.4. The van der Waals surface area contributed by atoms with E-state index in [2.05, 4.69) is 45.4 Å². The Morgan fingerprint density at radius 2 is 1.77 bits per heavy atom. The molecule has 26 heavy (non-hydrogen) atoms. The molecule has 2 aliphatic heterocycles. The van der Waals surface area contributed by atoms with Gasteiger partial charge in [-0.15, -0.1) is 0 Å². The van der Waals surface area contributed by atoms with Crippen LogP contribution in [0.1, 0.15) is 32.3 Å². The molecule has 2 unspecified atom stereocenters. The van der Waals surface area contributed by atoms with Crippen LogP contribution in [0.2, 0.25) is 0 Å². The van der Waals surface area contributed by atoms with E-state index in [0.29, 0.717) is 0 Å². The van der Waals surface area contributed by atoms with Crippen LogP contribution in [0.25, 0.3) is 0 Å². The van der Waals surface area contributed by atoms with E-state index in [1.807, 2.05) is 13.8 Å². The Hall–Kier alpha value is -1.63. The Morgan fingerprint density at radius 1 is 1.15 bits per heavy atom. The van der Waals surface area contributed by atoms with Crippen LogP contribution in [0.4, 0.5) is 4.79 Å². The van der Waals surface area contributed by atoms with Gasteiger partial charge < -0.3 is 15.2 Å². The fourth-order valence-electron chi connectivity index (χ4n) is 4.11. The number of carbonyl (C=O) groups is 1. The molecular formula is C20H31N3O3. The molecule has 0 spiro atoms. The number of carboxylic acid groups (broad SMARTS) is 1. The van der Waals surface area contributed by atoms with Crippen molar-refractivity contribution < 1.29 is 14.6 Å². The van der Waals surface area contributed by atoms with E-state index in [1.54, 1.807) is 0 Å². The van der Waals surface area contributed by atoms with E-state index in [-0.39, 0.29) is 17.7 Å². The van der Waals surface area contributed by atoms with Crippen LogP contribution in [-0.4, -0.2) is 71.5 Å². The monoisotopic (exact) mass is 361 g/mol. The number of fused-ring (bicyclic) bond motifs is 2. The number of nitrogens with one attached hydrogen (secondary N) is 1. The Kier molecular flexibility index (Phi) is 6.16. The van der Waals surface area contributed by atoms with Gasteiger partial charge in [-0.25, -0.2) is 4.79 Å². The smallest absolute Gasteiger partial charge is 0.405 e. The van der Waals surface area contributed by atoms with Crippen molar-refractivity contribution in [3.05, 3.63) is 35.9 Å². The SMILES string of the molecule is CC(C)(CCCN1CC2CN(Cc3ccccc3)CC(C1)O2)NC(=O)O. The molecule has 1 aromatic rings. The first-order chi connectivity index (χ1) is 12.4. The predicted octanol–water partition coefficient (Wildman–Crippen LogP) is 2.40. The summed E-state index contributed by atoms with van der Waals surface area (Å²) in [6, 6.07) is 10.6. The minimum atomic E-state index is -0.950. The van der Waals surface area contributed by atoms with Gasteiger partial charge in [0.05, 0.1) is 12.2 Å². The number of hydrogen-bond acceptors (Lipinski definition) is 4. The average molecular weight is 361 g/mol. The molecule has 1 aromatic carbocycles. The van der Waals surface area contributed by atoms with Crippen LogP contribution >= 0.6 is 0 Å². The fraction of sp³-hybridized carbons (Fsp3) is 0.650. The van der Waals surface area contributed by atoms with Gasteiger partial charge in [-0.1, -0.05) is 30.3 Å². The van der Waals surface area contributed by atoms with Crippen LogP contribution in [0.15, 0.2) is 30.3 Å². The van der Waals surface area contributed by atoms with Gasteiger partial charge in [0.2, 0.25) is 0 Å². The number of benzene rings is 1. The molecule has 6 heteroatoms. The summed E-state index contributed by atoms with van der Waals surface area (Å²) in [5.41, 5.74) is 0.984. The first kappa shape index (κ1) is 19.1. The molecule has 0 radical (unpaired) electrons. The summed E-state index contributed by atoms with van der Waals surface area (Å²) in [6.07, 6.45) is 1.43. The minimum Gasteiger partial charge on any atom is -0.465 e. The lowest BCUT2D eigenvalue weighted by molar-refractivity contribution is -0.140. The van der Waals surface area contributed by atoms with Crippen molar-refractivity contribution in [3.63, 3.8) is 0 Å². The van der Waals surface area contributed by atoms with Gasteiger partial charge in [0.1, 0.15) is 0 Å². The molecule has 144 valence electrons. The molecule has 2 fully saturated rings. The van der Waals surface area contributed by atoms with E-state index in [0.717, 1.165) is 52.1 Å². The average Bonchev–Trinajstić information content (AvgIpc) is 2.53. The van der Waals surface area contributed by atoms with Crippen molar-refractivity contribution in [2.75, 3.05) is 32.7 Å². The number of morpholine rings is 2. The lowest BCUT2D eigenvalue weighted by atomic mass is 9.98. The summed E-state index contributed by atoms with van der Waals surface area (Å²) in [5.74, 6) is 0. The van der Waals surface area contributed by atoms with Crippen molar-refractivity contribution in [3.8, 4) is 0 Å². The van der Waals surface area contributed by atoms with E-state index in [9.17, 15) is 4.79 Å². The Bertz CT molecular complexity index is 579. The maximum absolute atomic E-state index is 10.8. The summed E-state index contributed by atoms with van der Waals surface area (Å²) in [5, 5.41) is 11.5. The molecular weight excluding hydrogens is 330 g/mol. The number of hydrogen-bond donors (Lipinski definition) is 2. The molecule has 0 saturated carbocycles. The highest BCUT2D eigenvalue weighted by atomic mass is 16.5. The maximum Gasteiger partial charge on any atom is 0.405 e. The zero-order valence-corrected chi connectivity index (χ0v) is 15.9. The molecule has 2 atom stereocenters. The second-order valence-electron chi connectivity index (χ2n) is 8.24. The molecule has 2 heterocycles. The second kappa shape index (κ2) is 8.37. The molecule has 1 amide bonds. The van der Waals surface area contributed by atoms with Crippen LogP contribution in [-0.2, 0) is 11.3 Å². The second-order valence-corrected chi connectivity index (χ2v) is 8.24. The number of amides is 1. The van der Waals surface area contributed by atoms with Crippen LogP contribution in [0, 0.1) is 0 Å². The zero-order valence-electron chi connectivity index (χ0n) is 15.9. The molecule has 6 nitrogen and oxygen atoms in total. The van der Waals surface area contributed by atoms with E-state index in [4.69, 9.17) is 9.84 Å². The van der Waals surface area contributed by atoms with E-state index in [1.165, 1.54) is 5.56 Å². The lowest BCUT2D eigenvalue weighted by Crippen LogP contribution is -2.59. The van der Waals surface area contributed by atoms with Gasteiger partial charge in [-0.2, -0.15) is 0 Å². The van der Waals surface area contributed by atoms with Crippen molar-refractivity contribution in [1.29, 1.82) is 0 Å². The zero-order chi connectivity index (χ0) is 18.6. The quantitative estimate of drug-likeness (QED) is 0.781. The Morgan fingerprint density at radius 3 is 2.38 bits per heavy atom. The van der Waals surface area contributed by atoms with Crippen LogP contribution < -0.4 is 5.32 Å². The van der Waals surface area contributed by atoms with Gasteiger partial charge >= 0.3 is 6.09 Å². The predicted molar refractivity (Wildman–Crippen MR) is 101 cm³/mol. The van der Waals surface area contributed by atoms with Gasteiger partial charge in [0, 0.05) is 38.3 Å². The molecule has 0 aliphatic carbocycles. The molecule has 3 rings (SSSR count). The highest BCUT2D eigenvalue weighted by Crippen LogP contribution is 2.22. The van der Waals surface area contributed by atoms with Crippen LogP contribution in [0.5, 0.6) is 0 Å². The number of rotatable bonds is 7. The minimum absolute atomic E-state index is 0.274. The van der Waals surface area contributed by atoms with Gasteiger partial charge in [0.25, 0.3) is 0 Å². The first-order valence-corrected chi connectivity index (χ1v) is 9.55. The van der Waals surface area contributed by atoms with Crippen molar-refractivity contribution >= 4 is 6.09 Å². The summed E-state index contributed by atoms with van der Waals surface area (Å²) >= 11 is 0. The van der Waals surface area contributed by atoms with Gasteiger partial charge in [-0.3, -0.25) is 9.80 Å². The summed E-state index contributed by atoms with van der Waals surface area (Å²) < 4.78 is 6.15. The Balaban J connectivity index is 1.43. The summed E-state index contributed by atoms with van der Waals surface area (Å²) in [4.78, 5) is 15.8. The van der Waals surface area contributed by atoms with Crippen molar-refractivity contribution in [1.82, 2.24) is 15.1 Å². The van der Waals surface area contributed by atoms with Gasteiger partial charge in [0.15, 0.2) is 0 Å².